The zero-order chi connectivity index (χ0) is 41.8. The number of esters is 1. The molecule has 0 aliphatic carbocycles. The van der Waals surface area contributed by atoms with Crippen molar-refractivity contribution in [2.24, 2.45) is 0 Å². The second-order valence-corrected chi connectivity index (χ2v) is 16.0. The van der Waals surface area contributed by atoms with Gasteiger partial charge in [0, 0.05) is 79.4 Å². The van der Waals surface area contributed by atoms with Gasteiger partial charge in [-0.2, -0.15) is 4.37 Å². The van der Waals surface area contributed by atoms with Crippen molar-refractivity contribution in [3.8, 4) is 5.88 Å². The Balaban J connectivity index is 1.11. The van der Waals surface area contributed by atoms with Crippen LogP contribution in [0.5, 0.6) is 5.88 Å². The van der Waals surface area contributed by atoms with E-state index in [1.54, 1.807) is 24.3 Å². The fraction of sp³-hybridized carbons (Fsp3) is 0.561. The first kappa shape index (κ1) is 44.3. The number of hydrogen-bond donors (Lipinski definition) is 5. The van der Waals surface area contributed by atoms with Crippen molar-refractivity contribution in [1.82, 2.24) is 29.3 Å². The van der Waals surface area contributed by atoms with Gasteiger partial charge < -0.3 is 50.3 Å². The van der Waals surface area contributed by atoms with Crippen LogP contribution in [0.15, 0.2) is 18.2 Å². The van der Waals surface area contributed by atoms with Gasteiger partial charge in [0.1, 0.15) is 12.7 Å². The van der Waals surface area contributed by atoms with Gasteiger partial charge in [0.15, 0.2) is 0 Å². The monoisotopic (exact) mass is 821 g/mol. The molecular weight excluding hydrogens is 763 g/mol. The molecule has 1 saturated heterocycles. The molecule has 316 valence electrons. The number of nitrogens with one attached hydrogen (secondary N) is 5. The quantitative estimate of drug-likeness (QED) is 0.0598. The number of morpholine rings is 1. The molecule has 3 amide bonds. The van der Waals surface area contributed by atoms with Crippen molar-refractivity contribution in [2.75, 3.05) is 81.2 Å². The van der Waals surface area contributed by atoms with Gasteiger partial charge in [0.2, 0.25) is 11.7 Å². The summed E-state index contributed by atoms with van der Waals surface area (Å²) in [5.41, 5.74) is 4.73. The molecule has 0 saturated carbocycles. The highest BCUT2D eigenvalue weighted by Gasteiger charge is 2.27. The number of amides is 3. The zero-order valence-corrected chi connectivity index (χ0v) is 35.7. The molecule has 2 aromatic heterocycles. The Labute approximate surface area is 345 Å². The molecule has 58 heavy (non-hydrogen) atoms. The lowest BCUT2D eigenvalue weighted by atomic mass is 10.0. The number of ether oxygens (including phenoxy) is 3. The number of aromatic amines is 1. The third kappa shape index (κ3) is 12.3. The van der Waals surface area contributed by atoms with Crippen LogP contribution in [0.25, 0.3) is 11.6 Å². The summed E-state index contributed by atoms with van der Waals surface area (Å²) in [6.45, 7) is 20.2. The number of likely N-dealkylation sites (N-methyl/N-ethyl adjacent to an activating group) is 1. The molecule has 0 unspecified atom stereocenters. The number of aryl methyl sites for hydroxylation is 1. The molecular formula is C41H59N9O7S. The van der Waals surface area contributed by atoms with Crippen LogP contribution in [-0.2, 0) is 23.9 Å². The maximum atomic E-state index is 13.1. The second kappa shape index (κ2) is 20.7. The number of benzene rings is 1. The summed E-state index contributed by atoms with van der Waals surface area (Å²) in [6.07, 6.45) is 2.47. The van der Waals surface area contributed by atoms with Crippen molar-refractivity contribution in [3.05, 3.63) is 46.3 Å². The topological polar surface area (TPSA) is 192 Å². The average Bonchev–Trinajstić information content (AvgIpc) is 3.87. The van der Waals surface area contributed by atoms with E-state index in [0.29, 0.717) is 103 Å². The molecule has 1 atom stereocenters. The predicted octanol–water partition coefficient (Wildman–Crippen LogP) is 4.76. The van der Waals surface area contributed by atoms with Crippen LogP contribution in [0.2, 0.25) is 0 Å². The summed E-state index contributed by atoms with van der Waals surface area (Å²) in [5.74, 6) is 0.0606. The minimum atomic E-state index is -0.562. The molecule has 3 aromatic rings. The predicted molar refractivity (Wildman–Crippen MR) is 226 cm³/mol. The molecule has 16 nitrogen and oxygen atoms in total. The largest absolute Gasteiger partial charge is 0.470 e. The van der Waals surface area contributed by atoms with E-state index < -0.39 is 6.10 Å². The fourth-order valence-corrected chi connectivity index (χ4v) is 7.27. The Hall–Kier alpha value is -4.84. The molecule has 1 fully saturated rings. The smallest absolute Gasteiger partial charge is 0.306 e. The van der Waals surface area contributed by atoms with E-state index in [1.165, 1.54) is 0 Å². The summed E-state index contributed by atoms with van der Waals surface area (Å²) < 4.78 is 26.0. The van der Waals surface area contributed by atoms with Crippen LogP contribution in [0.1, 0.15) is 93.2 Å². The first-order valence-corrected chi connectivity index (χ1v) is 20.9. The van der Waals surface area contributed by atoms with Gasteiger partial charge in [-0.15, -0.1) is 4.37 Å². The summed E-state index contributed by atoms with van der Waals surface area (Å²) >= 11 is 1.07. The molecule has 0 spiro atoms. The molecule has 2 aliphatic heterocycles. The van der Waals surface area contributed by atoms with Gasteiger partial charge in [-0.25, -0.2) is 0 Å². The Morgan fingerprint density at radius 1 is 1.09 bits per heavy atom. The number of fused-ring (bicyclic) bond motifs is 1. The Morgan fingerprint density at radius 2 is 1.83 bits per heavy atom. The van der Waals surface area contributed by atoms with Gasteiger partial charge in [0.25, 0.3) is 17.7 Å². The standard InChI is InChI=1S/C41H59N9O7S/c1-8-49(9-2)17-16-42-39(54)36-26(3)33(44-27(36)4)23-31-30-22-28(14-15-32(30)46-38(31)53)45-34(51)12-10-11-13-35(52)57-29(24-43-41(5,6)7)25-56-40-37(47-58-48-40)50-18-20-55-21-19-50/h14-15,22-23,29,43-44H,8-13,16-21,24-25H2,1-7H3,(H,42,54)(H,45,51)(H,46,53)/b31-23-/t29-/m0/s1. The lowest BCUT2D eigenvalue weighted by molar-refractivity contribution is -0.150. The summed E-state index contributed by atoms with van der Waals surface area (Å²) in [7, 11) is 0. The van der Waals surface area contributed by atoms with E-state index in [1.807, 2.05) is 34.6 Å². The minimum absolute atomic E-state index is 0.110. The fourth-order valence-electron chi connectivity index (χ4n) is 6.75. The number of H-pyrrole nitrogens is 1. The van der Waals surface area contributed by atoms with Crippen LogP contribution in [0.4, 0.5) is 17.2 Å². The summed E-state index contributed by atoms with van der Waals surface area (Å²) in [6, 6.07) is 5.26. The van der Waals surface area contributed by atoms with E-state index >= 15 is 0 Å². The average molecular weight is 822 g/mol. The minimum Gasteiger partial charge on any atom is -0.470 e. The van der Waals surface area contributed by atoms with Gasteiger partial charge in [-0.05, 0) is 90.4 Å². The van der Waals surface area contributed by atoms with E-state index in [2.05, 4.69) is 58.6 Å². The zero-order valence-electron chi connectivity index (χ0n) is 34.8. The Morgan fingerprint density at radius 3 is 2.55 bits per heavy atom. The number of aromatic nitrogens is 3. The van der Waals surface area contributed by atoms with Crippen LogP contribution in [0, 0.1) is 13.8 Å². The highest BCUT2D eigenvalue weighted by molar-refractivity contribution is 6.99. The van der Waals surface area contributed by atoms with Crippen LogP contribution >= 0.6 is 11.7 Å². The number of rotatable bonds is 20. The van der Waals surface area contributed by atoms with Crippen molar-refractivity contribution in [1.29, 1.82) is 0 Å². The van der Waals surface area contributed by atoms with E-state index in [4.69, 9.17) is 14.2 Å². The van der Waals surface area contributed by atoms with Crippen LogP contribution in [-0.4, -0.2) is 120 Å². The van der Waals surface area contributed by atoms with Crippen LogP contribution in [0.3, 0.4) is 0 Å². The van der Waals surface area contributed by atoms with Gasteiger partial charge >= 0.3 is 5.97 Å². The molecule has 2 aliphatic rings. The molecule has 5 rings (SSSR count). The number of unbranched alkanes of at least 4 members (excludes halogenated alkanes) is 1. The lowest BCUT2D eigenvalue weighted by Crippen LogP contribution is -2.44. The third-order valence-corrected chi connectivity index (χ3v) is 10.5. The van der Waals surface area contributed by atoms with Crippen molar-refractivity contribution in [3.63, 3.8) is 0 Å². The Bertz CT molecular complexity index is 1930. The highest BCUT2D eigenvalue weighted by atomic mass is 32.1. The molecule has 0 bridgehead atoms. The van der Waals surface area contributed by atoms with Crippen molar-refractivity contribution >= 4 is 64.3 Å². The van der Waals surface area contributed by atoms with E-state index in [-0.39, 0.29) is 48.7 Å². The number of hydrogen-bond acceptors (Lipinski definition) is 13. The van der Waals surface area contributed by atoms with Crippen molar-refractivity contribution < 1.29 is 33.4 Å². The van der Waals surface area contributed by atoms with Gasteiger partial charge in [-0.3, -0.25) is 19.2 Å². The van der Waals surface area contributed by atoms with Gasteiger partial charge in [0.05, 0.1) is 36.1 Å². The maximum Gasteiger partial charge on any atom is 0.306 e. The normalized spacial score (nSPS) is 15.3. The Kier molecular flexibility index (Phi) is 15.8. The van der Waals surface area contributed by atoms with E-state index in [9.17, 15) is 19.2 Å². The SMILES string of the molecule is CCN(CC)CCNC(=O)c1c(C)[nH]c(/C=C2\C(=O)Nc3ccc(NC(=O)CCCCC(=O)O[C@@H](CNC(C)(C)C)COc4nsnc4N4CCOCC4)cc32)c1C. The first-order chi connectivity index (χ1) is 27.8. The first-order valence-electron chi connectivity index (χ1n) is 20.2. The maximum absolute atomic E-state index is 13.1. The van der Waals surface area contributed by atoms with Gasteiger partial charge in [-0.1, -0.05) is 13.8 Å². The number of anilines is 3. The molecule has 5 N–H and O–H groups in total. The van der Waals surface area contributed by atoms with Crippen LogP contribution < -0.4 is 30.9 Å². The second-order valence-electron chi connectivity index (χ2n) is 15.5. The summed E-state index contributed by atoms with van der Waals surface area (Å²) in [5, 5.41) is 12.2. The highest BCUT2D eigenvalue weighted by Crippen LogP contribution is 2.36. The lowest BCUT2D eigenvalue weighted by Gasteiger charge is -2.27. The number of nitrogens with zero attached hydrogens (tertiary/aromatic N) is 4. The van der Waals surface area contributed by atoms with E-state index in [0.717, 1.165) is 36.9 Å². The molecule has 0 radical (unpaired) electrons. The number of carbonyl (C=O) groups is 4. The third-order valence-electron chi connectivity index (χ3n) is 10.0. The molecule has 17 heteroatoms. The summed E-state index contributed by atoms with van der Waals surface area (Å²) in [4.78, 5) is 59.7. The molecule has 1 aromatic carbocycles. The molecule has 4 heterocycles. The van der Waals surface area contributed by atoms with Crippen molar-refractivity contribution in [2.45, 2.75) is 85.8 Å². The number of carbonyl (C=O) groups excluding carboxylic acids is 4.